The highest BCUT2D eigenvalue weighted by molar-refractivity contribution is 5.92. The minimum absolute atomic E-state index is 0.139. The summed E-state index contributed by atoms with van der Waals surface area (Å²) >= 11 is 0. The Morgan fingerprint density at radius 1 is 1.11 bits per heavy atom. The lowest BCUT2D eigenvalue weighted by molar-refractivity contribution is 0.0185. The number of pyridine rings is 1. The number of rotatable bonds is 5. The van der Waals surface area contributed by atoms with Gasteiger partial charge in [0.05, 0.1) is 23.4 Å². The molecule has 1 fully saturated rings. The van der Waals surface area contributed by atoms with Gasteiger partial charge in [-0.1, -0.05) is 0 Å². The molecule has 1 aliphatic heterocycles. The van der Waals surface area contributed by atoms with Gasteiger partial charge in [0.2, 0.25) is 0 Å². The Morgan fingerprint density at radius 2 is 1.86 bits per heavy atom. The Balaban J connectivity index is 1.41. The second kappa shape index (κ2) is 9.66. The molecule has 3 aromatic heterocycles. The summed E-state index contributed by atoms with van der Waals surface area (Å²) in [5.41, 5.74) is 4.74. The molecule has 5 rings (SSSR count). The highest BCUT2D eigenvalue weighted by Crippen LogP contribution is 2.38. The molecule has 0 radical (unpaired) electrons. The molecule has 0 spiro atoms. The average molecular weight is 507 g/mol. The van der Waals surface area contributed by atoms with Crippen LogP contribution in [0.1, 0.15) is 45.2 Å². The van der Waals surface area contributed by atoms with E-state index in [1.165, 1.54) is 0 Å². The summed E-state index contributed by atoms with van der Waals surface area (Å²) in [6.07, 6.45) is 5.33. The number of methoxy groups -OCH3 is 1. The van der Waals surface area contributed by atoms with Crippen LogP contribution in [0.15, 0.2) is 30.6 Å². The fourth-order valence-corrected chi connectivity index (χ4v) is 4.87. The summed E-state index contributed by atoms with van der Waals surface area (Å²) in [6.45, 7) is 9.11. The van der Waals surface area contributed by atoms with Gasteiger partial charge in [0.1, 0.15) is 22.4 Å². The fraction of sp³-hybridized carbons (Fsp3) is 0.481. The molecule has 1 saturated heterocycles. The van der Waals surface area contributed by atoms with Crippen molar-refractivity contribution in [2.24, 2.45) is 7.05 Å². The van der Waals surface area contributed by atoms with E-state index in [9.17, 15) is 4.79 Å². The van der Waals surface area contributed by atoms with Crippen LogP contribution in [0, 0.1) is 6.92 Å². The van der Waals surface area contributed by atoms with Crippen molar-refractivity contribution >= 4 is 28.0 Å². The lowest BCUT2D eigenvalue weighted by Crippen LogP contribution is -2.42. The number of hydrogen-bond acceptors (Lipinski definition) is 7. The van der Waals surface area contributed by atoms with E-state index < -0.39 is 5.60 Å². The second-order valence-corrected chi connectivity index (χ2v) is 10.6. The van der Waals surface area contributed by atoms with E-state index in [0.29, 0.717) is 18.8 Å². The SMILES string of the molecule is COCOc1cc2cn(C)nc2c(C)c1-c1ccc2nn(C3CCN(C(=O)OC(C)(C)C)CC3)cc2n1. The Bertz CT molecular complexity index is 1440. The number of hydrogen-bond donors (Lipinski definition) is 0. The van der Waals surface area contributed by atoms with E-state index in [0.717, 1.165) is 51.6 Å². The lowest BCUT2D eigenvalue weighted by atomic mass is 10.0. The number of amides is 1. The van der Waals surface area contributed by atoms with Gasteiger partial charge in [0.15, 0.2) is 6.79 Å². The maximum atomic E-state index is 12.4. The van der Waals surface area contributed by atoms with Crippen LogP contribution in [0.25, 0.3) is 33.2 Å². The number of fused-ring (bicyclic) bond motifs is 2. The molecular weight excluding hydrogens is 472 g/mol. The van der Waals surface area contributed by atoms with Crippen molar-refractivity contribution in [1.29, 1.82) is 0 Å². The number of ether oxygens (including phenoxy) is 3. The molecule has 37 heavy (non-hydrogen) atoms. The van der Waals surface area contributed by atoms with Gasteiger partial charge in [-0.15, -0.1) is 0 Å². The normalized spacial score (nSPS) is 15.0. The standard InChI is InChI=1S/C27H34N6O4/c1-17-24(23(36-16-35-6)13-18-14-31(5)30-25(17)18)21-8-7-20-22(28-21)15-33(29-20)19-9-11-32(12-10-19)26(34)37-27(2,3)4/h7-8,13-15,19H,9-12,16H2,1-6H3. The molecule has 0 saturated carbocycles. The van der Waals surface area contributed by atoms with E-state index in [1.807, 2.05) is 70.0 Å². The summed E-state index contributed by atoms with van der Waals surface area (Å²) < 4.78 is 20.4. The van der Waals surface area contributed by atoms with E-state index in [1.54, 1.807) is 16.7 Å². The maximum absolute atomic E-state index is 12.4. The van der Waals surface area contributed by atoms with Gasteiger partial charge < -0.3 is 19.1 Å². The van der Waals surface area contributed by atoms with Crippen molar-refractivity contribution in [3.8, 4) is 17.0 Å². The zero-order valence-corrected chi connectivity index (χ0v) is 22.3. The molecule has 0 unspecified atom stereocenters. The minimum Gasteiger partial charge on any atom is -0.467 e. The molecule has 196 valence electrons. The minimum atomic E-state index is -0.495. The van der Waals surface area contributed by atoms with Gasteiger partial charge >= 0.3 is 6.09 Å². The summed E-state index contributed by atoms with van der Waals surface area (Å²) in [5.74, 6) is 0.702. The van der Waals surface area contributed by atoms with Crippen LogP contribution in [0.2, 0.25) is 0 Å². The zero-order chi connectivity index (χ0) is 26.3. The molecule has 4 aromatic rings. The molecule has 10 nitrogen and oxygen atoms in total. The van der Waals surface area contributed by atoms with E-state index >= 15 is 0 Å². The summed E-state index contributed by atoms with van der Waals surface area (Å²) in [5, 5.41) is 10.4. The molecular formula is C27H34N6O4. The van der Waals surface area contributed by atoms with Crippen molar-refractivity contribution in [3.05, 3.63) is 36.2 Å². The van der Waals surface area contributed by atoms with Crippen LogP contribution in [0.4, 0.5) is 4.79 Å². The van der Waals surface area contributed by atoms with Crippen LogP contribution in [-0.4, -0.2) is 68.1 Å². The highest BCUT2D eigenvalue weighted by Gasteiger charge is 2.28. The van der Waals surface area contributed by atoms with Gasteiger partial charge in [-0.05, 0) is 64.3 Å². The molecule has 4 heterocycles. The van der Waals surface area contributed by atoms with Crippen LogP contribution in [-0.2, 0) is 16.5 Å². The van der Waals surface area contributed by atoms with Crippen molar-refractivity contribution < 1.29 is 19.0 Å². The number of aryl methyl sites for hydroxylation is 2. The van der Waals surface area contributed by atoms with Crippen molar-refractivity contribution in [1.82, 2.24) is 29.4 Å². The highest BCUT2D eigenvalue weighted by atomic mass is 16.7. The Hall–Kier alpha value is -3.66. The molecule has 0 aliphatic carbocycles. The third-order valence-corrected chi connectivity index (χ3v) is 6.58. The average Bonchev–Trinajstić information content (AvgIpc) is 3.44. The first-order valence-electron chi connectivity index (χ1n) is 12.6. The zero-order valence-electron chi connectivity index (χ0n) is 22.3. The van der Waals surface area contributed by atoms with Crippen LogP contribution in [0.5, 0.6) is 5.75 Å². The number of likely N-dealkylation sites (tertiary alicyclic amines) is 1. The topological polar surface area (TPSA) is 96.5 Å². The third kappa shape index (κ3) is 5.11. The number of nitrogens with zero attached hydrogens (tertiary/aromatic N) is 6. The fourth-order valence-electron chi connectivity index (χ4n) is 4.87. The first-order chi connectivity index (χ1) is 17.6. The van der Waals surface area contributed by atoms with Crippen LogP contribution < -0.4 is 4.74 Å². The van der Waals surface area contributed by atoms with Crippen molar-refractivity contribution in [2.45, 2.75) is 52.2 Å². The summed E-state index contributed by atoms with van der Waals surface area (Å²) in [7, 11) is 3.51. The lowest BCUT2D eigenvalue weighted by Gasteiger charge is -2.33. The second-order valence-electron chi connectivity index (χ2n) is 10.6. The van der Waals surface area contributed by atoms with Gasteiger partial charge in [-0.25, -0.2) is 9.78 Å². The maximum Gasteiger partial charge on any atom is 0.410 e. The van der Waals surface area contributed by atoms with Gasteiger partial charge in [0, 0.05) is 44.4 Å². The molecule has 0 atom stereocenters. The first-order valence-corrected chi connectivity index (χ1v) is 12.6. The Morgan fingerprint density at radius 3 is 2.57 bits per heavy atom. The van der Waals surface area contributed by atoms with Crippen LogP contribution in [0.3, 0.4) is 0 Å². The molecule has 0 bridgehead atoms. The van der Waals surface area contributed by atoms with Gasteiger partial charge in [-0.2, -0.15) is 10.2 Å². The van der Waals surface area contributed by atoms with Crippen molar-refractivity contribution in [3.63, 3.8) is 0 Å². The van der Waals surface area contributed by atoms with Gasteiger partial charge in [-0.3, -0.25) is 9.36 Å². The largest absolute Gasteiger partial charge is 0.467 e. The van der Waals surface area contributed by atoms with E-state index in [-0.39, 0.29) is 18.9 Å². The predicted octanol–water partition coefficient (Wildman–Crippen LogP) is 4.85. The smallest absolute Gasteiger partial charge is 0.410 e. The molecule has 0 N–H and O–H groups in total. The Labute approximate surface area is 216 Å². The number of carbonyl (C=O) groups is 1. The monoisotopic (exact) mass is 506 g/mol. The molecule has 1 aromatic carbocycles. The number of benzene rings is 1. The number of piperidine rings is 1. The molecule has 1 aliphatic rings. The Kier molecular flexibility index (Phi) is 6.53. The molecule has 10 heteroatoms. The third-order valence-electron chi connectivity index (χ3n) is 6.58. The first kappa shape index (κ1) is 25.0. The van der Waals surface area contributed by atoms with Crippen molar-refractivity contribution in [2.75, 3.05) is 27.0 Å². The van der Waals surface area contributed by atoms with E-state index in [2.05, 4.69) is 5.10 Å². The number of carbonyl (C=O) groups excluding carboxylic acids is 1. The van der Waals surface area contributed by atoms with Crippen LogP contribution >= 0.6 is 0 Å². The molecule has 1 amide bonds. The quantitative estimate of drug-likeness (QED) is 0.357. The van der Waals surface area contributed by atoms with E-state index in [4.69, 9.17) is 24.3 Å². The van der Waals surface area contributed by atoms with Gasteiger partial charge in [0.25, 0.3) is 0 Å². The summed E-state index contributed by atoms with van der Waals surface area (Å²) in [4.78, 5) is 19.2. The predicted molar refractivity (Wildman–Crippen MR) is 141 cm³/mol. The summed E-state index contributed by atoms with van der Waals surface area (Å²) in [6, 6.07) is 6.15. The number of aromatic nitrogens is 5.